The number of hydrogen-bond acceptors (Lipinski definition) is 4. The van der Waals surface area contributed by atoms with Crippen molar-refractivity contribution < 1.29 is 4.79 Å². The van der Waals surface area contributed by atoms with Crippen LogP contribution in [0, 0.1) is 0 Å². The van der Waals surface area contributed by atoms with Gasteiger partial charge in [0.15, 0.2) is 0 Å². The van der Waals surface area contributed by atoms with Crippen LogP contribution in [0.25, 0.3) is 0 Å². The normalized spacial score (nSPS) is 15.3. The highest BCUT2D eigenvalue weighted by molar-refractivity contribution is 7.98. The van der Waals surface area contributed by atoms with Crippen LogP contribution in [0.4, 0.5) is 0 Å². The Morgan fingerprint density at radius 3 is 2.65 bits per heavy atom. The van der Waals surface area contributed by atoms with Crippen LogP contribution in [0.1, 0.15) is 28.1 Å². The van der Waals surface area contributed by atoms with E-state index in [1.54, 1.807) is 23.1 Å². The third-order valence-corrected chi connectivity index (χ3v) is 6.08. The average molecular weight is 369 g/mol. The second-order valence-corrected chi connectivity index (χ2v) is 7.54. The number of nitrogens with two attached hydrogens (primary N) is 1. The van der Waals surface area contributed by atoms with E-state index in [0.717, 1.165) is 42.1 Å². The summed E-state index contributed by atoms with van der Waals surface area (Å²) in [5.41, 5.74) is 6.75. The lowest BCUT2D eigenvalue weighted by molar-refractivity contribution is 0.0711. The monoisotopic (exact) mass is 368 g/mol. The zero-order chi connectivity index (χ0) is 15.4. The molecule has 0 saturated carbocycles. The standard InChI is InChI=1S/C17H20N2OS2.ClH/c18-13-7-9-19(10-8-13)17(20)15-5-1-2-6-16(15)22-12-14-4-3-11-21-14;/h1-6,11,13H,7-10,12,18H2;1H. The lowest BCUT2D eigenvalue weighted by Crippen LogP contribution is -2.43. The van der Waals surface area contributed by atoms with Crippen molar-refractivity contribution in [3.63, 3.8) is 0 Å². The molecular formula is C17H21ClN2OS2. The molecule has 0 unspecified atom stereocenters. The van der Waals surface area contributed by atoms with Crippen LogP contribution in [0.3, 0.4) is 0 Å². The van der Waals surface area contributed by atoms with Crippen LogP contribution in [0.5, 0.6) is 0 Å². The van der Waals surface area contributed by atoms with Gasteiger partial charge in [0.2, 0.25) is 0 Å². The summed E-state index contributed by atoms with van der Waals surface area (Å²) >= 11 is 3.49. The summed E-state index contributed by atoms with van der Waals surface area (Å²) in [6, 6.07) is 12.4. The van der Waals surface area contributed by atoms with Crippen molar-refractivity contribution in [2.24, 2.45) is 5.73 Å². The molecule has 23 heavy (non-hydrogen) atoms. The minimum Gasteiger partial charge on any atom is -0.338 e. The minimum absolute atomic E-state index is 0. The molecule has 3 nitrogen and oxygen atoms in total. The topological polar surface area (TPSA) is 46.3 Å². The minimum atomic E-state index is 0. The number of thioether (sulfide) groups is 1. The summed E-state index contributed by atoms with van der Waals surface area (Å²) in [5, 5.41) is 2.09. The maximum atomic E-state index is 12.8. The molecule has 0 radical (unpaired) electrons. The molecule has 1 aliphatic heterocycles. The van der Waals surface area contributed by atoms with Crippen LogP contribution < -0.4 is 5.73 Å². The van der Waals surface area contributed by atoms with E-state index in [1.807, 2.05) is 29.2 Å². The van der Waals surface area contributed by atoms with Crippen LogP contribution in [0.2, 0.25) is 0 Å². The largest absolute Gasteiger partial charge is 0.338 e. The van der Waals surface area contributed by atoms with Gasteiger partial charge in [0.25, 0.3) is 5.91 Å². The number of carbonyl (C=O) groups excluding carboxylic acids is 1. The Morgan fingerprint density at radius 2 is 1.96 bits per heavy atom. The first-order valence-corrected chi connectivity index (χ1v) is 9.39. The molecule has 0 aliphatic carbocycles. The molecule has 0 bridgehead atoms. The maximum absolute atomic E-state index is 12.8. The number of hydrogen-bond donors (Lipinski definition) is 1. The van der Waals surface area contributed by atoms with E-state index in [0.29, 0.717) is 0 Å². The SMILES string of the molecule is Cl.NC1CCN(C(=O)c2ccccc2SCc2cccs2)CC1. The van der Waals surface area contributed by atoms with Crippen molar-refractivity contribution >= 4 is 41.4 Å². The van der Waals surface area contributed by atoms with Gasteiger partial charge in [-0.05, 0) is 36.4 Å². The van der Waals surface area contributed by atoms with E-state index in [-0.39, 0.29) is 24.4 Å². The van der Waals surface area contributed by atoms with Crippen LogP contribution in [-0.4, -0.2) is 29.9 Å². The predicted molar refractivity (Wildman–Crippen MR) is 101 cm³/mol. The average Bonchev–Trinajstić information content (AvgIpc) is 3.07. The second-order valence-electron chi connectivity index (χ2n) is 5.49. The van der Waals surface area contributed by atoms with Gasteiger partial charge in [-0.3, -0.25) is 4.79 Å². The Morgan fingerprint density at radius 1 is 1.22 bits per heavy atom. The van der Waals surface area contributed by atoms with Gasteiger partial charge in [0.05, 0.1) is 5.56 Å². The molecule has 0 atom stereocenters. The Balaban J connectivity index is 0.00000192. The van der Waals surface area contributed by atoms with Crippen molar-refractivity contribution in [2.45, 2.75) is 29.5 Å². The number of thiophene rings is 1. The first-order valence-electron chi connectivity index (χ1n) is 7.53. The lowest BCUT2D eigenvalue weighted by atomic mass is 10.0. The third kappa shape index (κ3) is 4.73. The van der Waals surface area contributed by atoms with Gasteiger partial charge in [0.1, 0.15) is 0 Å². The molecule has 2 aromatic rings. The molecule has 1 saturated heterocycles. The Bertz CT molecular complexity index is 625. The summed E-state index contributed by atoms with van der Waals surface area (Å²) in [5.74, 6) is 1.05. The van der Waals surface area contributed by atoms with E-state index in [2.05, 4.69) is 17.5 Å². The second kappa shape index (κ2) is 8.73. The van der Waals surface area contributed by atoms with Crippen molar-refractivity contribution in [2.75, 3.05) is 13.1 Å². The van der Waals surface area contributed by atoms with Crippen LogP contribution in [-0.2, 0) is 5.75 Å². The van der Waals surface area contributed by atoms with E-state index < -0.39 is 0 Å². The molecule has 1 fully saturated rings. The summed E-state index contributed by atoms with van der Waals surface area (Å²) in [7, 11) is 0. The first-order chi connectivity index (χ1) is 10.7. The Kier molecular flexibility index (Phi) is 6.96. The van der Waals surface area contributed by atoms with E-state index >= 15 is 0 Å². The quantitative estimate of drug-likeness (QED) is 0.829. The number of piperidine rings is 1. The number of rotatable bonds is 4. The highest BCUT2D eigenvalue weighted by Gasteiger charge is 2.23. The van der Waals surface area contributed by atoms with Crippen LogP contribution in [0.15, 0.2) is 46.7 Å². The molecule has 2 N–H and O–H groups in total. The highest BCUT2D eigenvalue weighted by atomic mass is 35.5. The Labute approximate surface area is 151 Å². The lowest BCUT2D eigenvalue weighted by Gasteiger charge is -2.30. The molecule has 3 rings (SSSR count). The first kappa shape index (κ1) is 18.3. The van der Waals surface area contributed by atoms with Gasteiger partial charge in [-0.2, -0.15) is 0 Å². The number of benzene rings is 1. The molecule has 1 aromatic carbocycles. The van der Waals surface area contributed by atoms with Crippen molar-refractivity contribution in [1.29, 1.82) is 0 Å². The molecule has 1 aromatic heterocycles. The van der Waals surface area contributed by atoms with Crippen molar-refractivity contribution in [1.82, 2.24) is 4.90 Å². The maximum Gasteiger partial charge on any atom is 0.254 e. The molecule has 6 heteroatoms. The van der Waals surface area contributed by atoms with E-state index in [4.69, 9.17) is 5.73 Å². The van der Waals surface area contributed by atoms with Crippen molar-refractivity contribution in [3.05, 3.63) is 52.2 Å². The molecule has 1 amide bonds. The fourth-order valence-corrected chi connectivity index (χ4v) is 4.40. The van der Waals surface area contributed by atoms with Gasteiger partial charge in [0, 0.05) is 34.7 Å². The zero-order valence-corrected chi connectivity index (χ0v) is 15.3. The molecule has 2 heterocycles. The predicted octanol–water partition coefficient (Wildman–Crippen LogP) is 4.03. The molecule has 0 spiro atoms. The third-order valence-electron chi connectivity index (χ3n) is 3.89. The Hall–Kier alpha value is -1.01. The zero-order valence-electron chi connectivity index (χ0n) is 12.8. The molecule has 124 valence electrons. The number of amides is 1. The summed E-state index contributed by atoms with van der Waals surface area (Å²) in [6.07, 6.45) is 1.80. The molecular weight excluding hydrogens is 348 g/mol. The fraction of sp³-hybridized carbons (Fsp3) is 0.353. The van der Waals surface area contributed by atoms with Gasteiger partial charge < -0.3 is 10.6 Å². The van der Waals surface area contributed by atoms with Crippen LogP contribution >= 0.6 is 35.5 Å². The number of nitrogens with zero attached hydrogens (tertiary/aromatic N) is 1. The summed E-state index contributed by atoms with van der Waals surface area (Å²) in [6.45, 7) is 1.54. The smallest absolute Gasteiger partial charge is 0.254 e. The van der Waals surface area contributed by atoms with Crippen molar-refractivity contribution in [3.8, 4) is 0 Å². The van der Waals surface area contributed by atoms with Gasteiger partial charge >= 0.3 is 0 Å². The fourth-order valence-electron chi connectivity index (χ4n) is 2.59. The van der Waals surface area contributed by atoms with Gasteiger partial charge in [-0.1, -0.05) is 18.2 Å². The van der Waals surface area contributed by atoms with Gasteiger partial charge in [-0.25, -0.2) is 0 Å². The summed E-state index contributed by atoms with van der Waals surface area (Å²) < 4.78 is 0. The molecule has 1 aliphatic rings. The van der Waals surface area contributed by atoms with E-state index in [9.17, 15) is 4.79 Å². The highest BCUT2D eigenvalue weighted by Crippen LogP contribution is 2.29. The number of carbonyl (C=O) groups is 1. The van der Waals surface area contributed by atoms with E-state index in [1.165, 1.54) is 4.88 Å². The number of likely N-dealkylation sites (tertiary alicyclic amines) is 1. The number of halogens is 1. The summed E-state index contributed by atoms with van der Waals surface area (Å²) in [4.78, 5) is 17.1. The van der Waals surface area contributed by atoms with Gasteiger partial charge in [-0.15, -0.1) is 35.5 Å².